The summed E-state index contributed by atoms with van der Waals surface area (Å²) in [5, 5.41) is 8.87. The molecule has 0 atom stereocenters. The van der Waals surface area contributed by atoms with Crippen LogP contribution in [0.4, 0.5) is 11.4 Å². The Bertz CT molecular complexity index is 910. The number of methoxy groups -OCH3 is 1. The van der Waals surface area contributed by atoms with Gasteiger partial charge in [-0.05, 0) is 36.5 Å². The maximum Gasteiger partial charge on any atom is 0.257 e. The highest BCUT2D eigenvalue weighted by molar-refractivity contribution is 7.80. The molecule has 8 heteroatoms. The molecule has 2 aromatic rings. The molecular weight excluding hydrogens is 398 g/mol. The standard InChI is InChI=1S/C20H22ClN3O3S/c1-20(2,3)18(26)24-19(28)22-12-9-10-15(16(11-12)27-4)23-17(25)13-7-5-6-8-14(13)21/h5-11H,1-4H3,(H,23,25)(H2,22,24,26,28). The monoisotopic (exact) mass is 419 g/mol. The summed E-state index contributed by atoms with van der Waals surface area (Å²) in [4.78, 5) is 24.5. The molecule has 3 N–H and O–H groups in total. The maximum absolute atomic E-state index is 12.4. The van der Waals surface area contributed by atoms with Gasteiger partial charge < -0.3 is 20.7 Å². The highest BCUT2D eigenvalue weighted by Gasteiger charge is 2.22. The van der Waals surface area contributed by atoms with Crippen LogP contribution in [-0.2, 0) is 4.79 Å². The molecule has 0 fully saturated rings. The average molecular weight is 420 g/mol. The first-order valence-corrected chi connectivity index (χ1v) is 9.27. The van der Waals surface area contributed by atoms with E-state index in [-0.39, 0.29) is 16.9 Å². The molecular formula is C20H22ClN3O3S. The van der Waals surface area contributed by atoms with Crippen LogP contribution in [0, 0.1) is 5.41 Å². The fraction of sp³-hybridized carbons (Fsp3) is 0.250. The number of amides is 2. The molecule has 0 unspecified atom stereocenters. The van der Waals surface area contributed by atoms with Crippen molar-refractivity contribution in [3.63, 3.8) is 0 Å². The summed E-state index contributed by atoms with van der Waals surface area (Å²) in [6.45, 7) is 5.39. The van der Waals surface area contributed by atoms with E-state index >= 15 is 0 Å². The van der Waals surface area contributed by atoms with E-state index in [1.807, 2.05) is 0 Å². The van der Waals surface area contributed by atoms with Gasteiger partial charge in [0.05, 0.1) is 23.4 Å². The van der Waals surface area contributed by atoms with Gasteiger partial charge in [-0.1, -0.05) is 44.5 Å². The van der Waals surface area contributed by atoms with E-state index in [0.717, 1.165) is 0 Å². The highest BCUT2D eigenvalue weighted by Crippen LogP contribution is 2.29. The Kier molecular flexibility index (Phi) is 6.99. The smallest absolute Gasteiger partial charge is 0.257 e. The third kappa shape index (κ3) is 5.68. The molecule has 6 nitrogen and oxygen atoms in total. The van der Waals surface area contributed by atoms with Gasteiger partial charge in [-0.15, -0.1) is 0 Å². The van der Waals surface area contributed by atoms with Crippen LogP contribution in [0.2, 0.25) is 5.02 Å². The third-order valence-electron chi connectivity index (χ3n) is 3.73. The highest BCUT2D eigenvalue weighted by atomic mass is 35.5. The Morgan fingerprint density at radius 1 is 1.07 bits per heavy atom. The van der Waals surface area contributed by atoms with Crippen molar-refractivity contribution in [3.8, 4) is 5.75 Å². The van der Waals surface area contributed by atoms with Gasteiger partial charge in [0.15, 0.2) is 5.11 Å². The number of benzene rings is 2. The van der Waals surface area contributed by atoms with Gasteiger partial charge in [0.2, 0.25) is 5.91 Å². The van der Waals surface area contributed by atoms with Crippen molar-refractivity contribution < 1.29 is 14.3 Å². The summed E-state index contributed by atoms with van der Waals surface area (Å²) in [5.74, 6) is -0.117. The van der Waals surface area contributed by atoms with Gasteiger partial charge in [0.1, 0.15) is 5.75 Å². The van der Waals surface area contributed by atoms with E-state index in [1.54, 1.807) is 63.2 Å². The summed E-state index contributed by atoms with van der Waals surface area (Å²) in [6.07, 6.45) is 0. The second-order valence-electron chi connectivity index (χ2n) is 7.01. The quantitative estimate of drug-likeness (QED) is 0.637. The van der Waals surface area contributed by atoms with Gasteiger partial charge in [-0.2, -0.15) is 0 Å². The number of carbonyl (C=O) groups excluding carboxylic acids is 2. The van der Waals surface area contributed by atoms with Gasteiger partial charge in [0, 0.05) is 17.2 Å². The van der Waals surface area contributed by atoms with E-state index in [9.17, 15) is 9.59 Å². The normalized spacial score (nSPS) is 10.8. The number of thiocarbonyl (C=S) groups is 1. The second-order valence-corrected chi connectivity index (χ2v) is 7.82. The zero-order valence-electron chi connectivity index (χ0n) is 16.1. The third-order valence-corrected chi connectivity index (χ3v) is 4.27. The number of ether oxygens (including phenoxy) is 1. The van der Waals surface area contributed by atoms with Gasteiger partial charge in [0.25, 0.3) is 5.91 Å². The van der Waals surface area contributed by atoms with Crippen LogP contribution in [0.1, 0.15) is 31.1 Å². The molecule has 2 aromatic carbocycles. The summed E-state index contributed by atoms with van der Waals surface area (Å²) in [7, 11) is 1.49. The van der Waals surface area contributed by atoms with Crippen LogP contribution in [0.3, 0.4) is 0 Å². The first-order chi connectivity index (χ1) is 13.1. The molecule has 0 spiro atoms. The van der Waals surface area contributed by atoms with E-state index in [2.05, 4.69) is 16.0 Å². The molecule has 0 aromatic heterocycles. The number of nitrogens with one attached hydrogen (secondary N) is 3. The predicted octanol–water partition coefficient (Wildman–Crippen LogP) is 4.46. The molecule has 0 heterocycles. The van der Waals surface area contributed by atoms with E-state index in [4.69, 9.17) is 28.6 Å². The first-order valence-electron chi connectivity index (χ1n) is 8.48. The molecule has 0 saturated carbocycles. The Labute approximate surface area is 174 Å². The SMILES string of the molecule is COc1cc(NC(=S)NC(=O)C(C)(C)C)ccc1NC(=O)c1ccccc1Cl. The fourth-order valence-corrected chi connectivity index (χ4v) is 2.59. The zero-order chi connectivity index (χ0) is 20.9. The van der Waals surface area contributed by atoms with Crippen LogP contribution in [-0.4, -0.2) is 24.0 Å². The summed E-state index contributed by atoms with van der Waals surface area (Å²) < 4.78 is 5.35. The van der Waals surface area contributed by atoms with E-state index in [0.29, 0.717) is 27.7 Å². The van der Waals surface area contributed by atoms with Crippen LogP contribution < -0.4 is 20.7 Å². The van der Waals surface area contributed by atoms with Crippen molar-refractivity contribution in [2.24, 2.45) is 5.41 Å². The van der Waals surface area contributed by atoms with E-state index in [1.165, 1.54) is 7.11 Å². The largest absolute Gasteiger partial charge is 0.494 e. The summed E-state index contributed by atoms with van der Waals surface area (Å²) in [6, 6.07) is 11.8. The van der Waals surface area contributed by atoms with Gasteiger partial charge in [-0.25, -0.2) is 0 Å². The first kappa shape index (κ1) is 21.7. The van der Waals surface area contributed by atoms with Crippen LogP contribution in [0.15, 0.2) is 42.5 Å². The average Bonchev–Trinajstić information content (AvgIpc) is 2.62. The molecule has 28 heavy (non-hydrogen) atoms. The molecule has 0 saturated heterocycles. The molecule has 0 aliphatic rings. The van der Waals surface area contributed by atoms with Crippen molar-refractivity contribution >= 4 is 52.1 Å². The van der Waals surface area contributed by atoms with Gasteiger partial charge >= 0.3 is 0 Å². The lowest BCUT2D eigenvalue weighted by molar-refractivity contribution is -0.126. The minimum Gasteiger partial charge on any atom is -0.494 e. The molecule has 2 amide bonds. The molecule has 148 valence electrons. The summed E-state index contributed by atoms with van der Waals surface area (Å²) >= 11 is 11.2. The van der Waals surface area contributed by atoms with Crippen LogP contribution in [0.5, 0.6) is 5.75 Å². The van der Waals surface area contributed by atoms with Crippen molar-refractivity contribution in [1.82, 2.24) is 5.32 Å². The predicted molar refractivity (Wildman–Crippen MR) is 116 cm³/mol. The van der Waals surface area contributed by atoms with E-state index < -0.39 is 5.41 Å². The van der Waals surface area contributed by atoms with Gasteiger partial charge in [-0.3, -0.25) is 9.59 Å². The fourth-order valence-electron chi connectivity index (χ4n) is 2.16. The van der Waals surface area contributed by atoms with Crippen LogP contribution in [0.25, 0.3) is 0 Å². The number of halogens is 1. The molecule has 0 aliphatic heterocycles. The summed E-state index contributed by atoms with van der Waals surface area (Å²) in [5.41, 5.74) is 0.880. The minimum absolute atomic E-state index is 0.176. The Balaban J connectivity index is 2.12. The number of hydrogen-bond donors (Lipinski definition) is 3. The number of hydrogen-bond acceptors (Lipinski definition) is 4. The van der Waals surface area contributed by atoms with Crippen LogP contribution >= 0.6 is 23.8 Å². The molecule has 0 radical (unpaired) electrons. The van der Waals surface area contributed by atoms with Crippen molar-refractivity contribution in [1.29, 1.82) is 0 Å². The zero-order valence-corrected chi connectivity index (χ0v) is 17.6. The molecule has 0 aliphatic carbocycles. The van der Waals surface area contributed by atoms with Crippen molar-refractivity contribution in [2.45, 2.75) is 20.8 Å². The Morgan fingerprint density at radius 3 is 2.36 bits per heavy atom. The molecule has 2 rings (SSSR count). The minimum atomic E-state index is -0.559. The number of carbonyl (C=O) groups is 2. The molecule has 0 bridgehead atoms. The lowest BCUT2D eigenvalue weighted by Gasteiger charge is -2.19. The van der Waals surface area contributed by atoms with Crippen molar-refractivity contribution in [3.05, 3.63) is 53.1 Å². The maximum atomic E-state index is 12.4. The van der Waals surface area contributed by atoms with Crippen molar-refractivity contribution in [2.75, 3.05) is 17.7 Å². The lowest BCUT2D eigenvalue weighted by atomic mass is 9.96. The second kappa shape index (κ2) is 9.03. The Hall–Kier alpha value is -2.64. The lowest BCUT2D eigenvalue weighted by Crippen LogP contribution is -2.41. The number of rotatable bonds is 4. The number of anilines is 2. The topological polar surface area (TPSA) is 79.5 Å². The Morgan fingerprint density at radius 2 is 1.75 bits per heavy atom.